The van der Waals surface area contributed by atoms with E-state index in [1.54, 1.807) is 48.3 Å². The number of benzene rings is 2. The molecule has 0 aliphatic rings. The summed E-state index contributed by atoms with van der Waals surface area (Å²) in [6.07, 6.45) is 0.295. The van der Waals surface area contributed by atoms with Crippen LogP contribution in [0, 0.1) is 22.7 Å². The Bertz CT molecular complexity index is 816. The molecule has 0 unspecified atom stereocenters. The molecule has 0 aliphatic heterocycles. The van der Waals surface area contributed by atoms with Gasteiger partial charge in [0.25, 0.3) is 5.91 Å². The van der Waals surface area contributed by atoms with E-state index < -0.39 is 0 Å². The number of ether oxygens (including phenoxy) is 1. The highest BCUT2D eigenvalue weighted by molar-refractivity contribution is 5.94. The van der Waals surface area contributed by atoms with Crippen molar-refractivity contribution in [2.24, 2.45) is 0 Å². The highest BCUT2D eigenvalue weighted by Crippen LogP contribution is 2.16. The van der Waals surface area contributed by atoms with E-state index in [2.05, 4.69) is 12.1 Å². The van der Waals surface area contributed by atoms with Gasteiger partial charge < -0.3 is 9.64 Å². The third kappa shape index (κ3) is 4.83. The Morgan fingerprint density at radius 3 is 2.56 bits per heavy atom. The molecule has 2 aromatic carbocycles. The van der Waals surface area contributed by atoms with Gasteiger partial charge in [0.1, 0.15) is 12.4 Å². The average molecular weight is 333 g/mol. The lowest BCUT2D eigenvalue weighted by atomic mass is 10.1. The standard InChI is InChI=1S/C20H19N3O2/c1-15(10-11-21)23(2)20(24)18-5-3-4-17(12-18)14-25-19-8-6-16(13-22)7-9-19/h3-9,12,15H,10,14H2,1-2H3/t15-/m1/s1. The molecule has 126 valence electrons. The quantitative estimate of drug-likeness (QED) is 0.810. The van der Waals surface area contributed by atoms with Crippen molar-refractivity contribution in [1.29, 1.82) is 10.5 Å². The summed E-state index contributed by atoms with van der Waals surface area (Å²) in [5, 5.41) is 17.6. The normalized spacial score (nSPS) is 11.0. The zero-order chi connectivity index (χ0) is 18.2. The van der Waals surface area contributed by atoms with Crippen molar-refractivity contribution < 1.29 is 9.53 Å². The first-order chi connectivity index (χ1) is 12.0. The maximum atomic E-state index is 12.5. The second-order valence-corrected chi connectivity index (χ2v) is 5.75. The molecule has 0 bridgehead atoms. The molecule has 0 aliphatic carbocycles. The van der Waals surface area contributed by atoms with E-state index in [9.17, 15) is 4.79 Å². The van der Waals surface area contributed by atoms with Crippen molar-refractivity contribution in [3.05, 3.63) is 65.2 Å². The summed E-state index contributed by atoms with van der Waals surface area (Å²) in [7, 11) is 1.70. The zero-order valence-electron chi connectivity index (χ0n) is 14.3. The summed E-state index contributed by atoms with van der Waals surface area (Å²) in [6, 6.07) is 18.1. The zero-order valence-corrected chi connectivity index (χ0v) is 14.3. The third-order valence-electron chi connectivity index (χ3n) is 3.93. The van der Waals surface area contributed by atoms with Crippen molar-refractivity contribution in [2.75, 3.05) is 7.05 Å². The lowest BCUT2D eigenvalue weighted by Crippen LogP contribution is -2.34. The highest BCUT2D eigenvalue weighted by atomic mass is 16.5. The first kappa shape index (κ1) is 18.0. The van der Waals surface area contributed by atoms with E-state index in [-0.39, 0.29) is 11.9 Å². The molecule has 0 heterocycles. The molecule has 2 rings (SSSR count). The monoisotopic (exact) mass is 333 g/mol. The van der Waals surface area contributed by atoms with Crippen LogP contribution in [0.3, 0.4) is 0 Å². The third-order valence-corrected chi connectivity index (χ3v) is 3.93. The molecule has 2 aromatic rings. The van der Waals surface area contributed by atoms with Crippen molar-refractivity contribution >= 4 is 5.91 Å². The van der Waals surface area contributed by atoms with Gasteiger partial charge in [-0.25, -0.2) is 0 Å². The molecular weight excluding hydrogens is 314 g/mol. The number of amides is 1. The Hall–Kier alpha value is -3.31. The van der Waals surface area contributed by atoms with Gasteiger partial charge in [0.05, 0.1) is 24.1 Å². The van der Waals surface area contributed by atoms with Crippen LogP contribution in [0.2, 0.25) is 0 Å². The van der Waals surface area contributed by atoms with Gasteiger partial charge in [0.15, 0.2) is 0 Å². The summed E-state index contributed by atoms with van der Waals surface area (Å²) in [5.74, 6) is 0.540. The Morgan fingerprint density at radius 2 is 1.92 bits per heavy atom. The predicted molar refractivity (Wildman–Crippen MR) is 93.7 cm³/mol. The lowest BCUT2D eigenvalue weighted by Gasteiger charge is -2.23. The minimum Gasteiger partial charge on any atom is -0.489 e. The first-order valence-corrected chi connectivity index (χ1v) is 7.91. The summed E-state index contributed by atoms with van der Waals surface area (Å²) in [5.41, 5.74) is 2.01. The Labute approximate surface area is 147 Å². The predicted octanol–water partition coefficient (Wildman–Crippen LogP) is 3.51. The number of nitrogens with zero attached hydrogens (tertiary/aromatic N) is 3. The van der Waals surface area contributed by atoms with Gasteiger partial charge in [0, 0.05) is 18.7 Å². The highest BCUT2D eigenvalue weighted by Gasteiger charge is 2.17. The molecule has 5 heteroatoms. The van der Waals surface area contributed by atoms with Gasteiger partial charge in [0.2, 0.25) is 0 Å². The van der Waals surface area contributed by atoms with Gasteiger partial charge in [-0.05, 0) is 48.9 Å². The Kier molecular flexibility index (Phi) is 6.14. The van der Waals surface area contributed by atoms with Crippen LogP contribution in [-0.4, -0.2) is 23.9 Å². The van der Waals surface area contributed by atoms with Crippen molar-refractivity contribution in [2.45, 2.75) is 26.0 Å². The summed E-state index contributed by atoms with van der Waals surface area (Å²) in [6.45, 7) is 2.17. The van der Waals surface area contributed by atoms with Crippen molar-refractivity contribution in [1.82, 2.24) is 4.90 Å². The summed E-state index contributed by atoms with van der Waals surface area (Å²) in [4.78, 5) is 14.1. The van der Waals surface area contributed by atoms with Gasteiger partial charge in [-0.2, -0.15) is 10.5 Å². The molecule has 0 N–H and O–H groups in total. The van der Waals surface area contributed by atoms with Crippen molar-refractivity contribution in [3.8, 4) is 17.9 Å². The van der Waals surface area contributed by atoms with E-state index in [0.29, 0.717) is 29.9 Å². The number of carbonyl (C=O) groups is 1. The molecule has 0 spiro atoms. The number of nitriles is 2. The van der Waals surface area contributed by atoms with Crippen LogP contribution < -0.4 is 4.74 Å². The van der Waals surface area contributed by atoms with Crippen LogP contribution in [-0.2, 0) is 6.61 Å². The molecule has 0 aromatic heterocycles. The molecule has 5 nitrogen and oxygen atoms in total. The SMILES string of the molecule is C[C@H](CC#N)N(C)C(=O)c1cccc(COc2ccc(C#N)cc2)c1. The second kappa shape index (κ2) is 8.52. The van der Waals surface area contributed by atoms with E-state index in [4.69, 9.17) is 15.3 Å². The van der Waals surface area contributed by atoms with Crippen LogP contribution in [0.25, 0.3) is 0 Å². The fraction of sp³-hybridized carbons (Fsp3) is 0.250. The van der Waals surface area contributed by atoms with E-state index >= 15 is 0 Å². The Morgan fingerprint density at radius 1 is 1.20 bits per heavy atom. The van der Waals surface area contributed by atoms with Gasteiger partial charge in [-0.3, -0.25) is 4.79 Å². The largest absolute Gasteiger partial charge is 0.489 e. The number of rotatable bonds is 6. The summed E-state index contributed by atoms with van der Waals surface area (Å²) < 4.78 is 5.70. The fourth-order valence-electron chi connectivity index (χ4n) is 2.26. The second-order valence-electron chi connectivity index (χ2n) is 5.75. The number of hydrogen-bond donors (Lipinski definition) is 0. The molecule has 0 fully saturated rings. The Balaban J connectivity index is 2.04. The maximum absolute atomic E-state index is 12.5. The van der Waals surface area contributed by atoms with Crippen LogP contribution in [0.1, 0.15) is 34.8 Å². The molecule has 0 saturated heterocycles. The summed E-state index contributed by atoms with van der Waals surface area (Å²) >= 11 is 0. The number of carbonyl (C=O) groups excluding carboxylic acids is 1. The minimum atomic E-state index is -0.143. The van der Waals surface area contributed by atoms with E-state index in [1.807, 2.05) is 19.1 Å². The van der Waals surface area contributed by atoms with Crippen LogP contribution in [0.15, 0.2) is 48.5 Å². The lowest BCUT2D eigenvalue weighted by molar-refractivity contribution is 0.0746. The van der Waals surface area contributed by atoms with Gasteiger partial charge in [-0.1, -0.05) is 12.1 Å². The molecular formula is C20H19N3O2. The average Bonchev–Trinajstić information content (AvgIpc) is 2.66. The molecule has 1 amide bonds. The van der Waals surface area contributed by atoms with Gasteiger partial charge in [-0.15, -0.1) is 0 Å². The topological polar surface area (TPSA) is 77.1 Å². The molecule has 25 heavy (non-hydrogen) atoms. The maximum Gasteiger partial charge on any atom is 0.253 e. The van der Waals surface area contributed by atoms with E-state index in [0.717, 1.165) is 5.56 Å². The fourth-order valence-corrected chi connectivity index (χ4v) is 2.26. The van der Waals surface area contributed by atoms with Crippen LogP contribution in [0.5, 0.6) is 5.75 Å². The molecule has 0 saturated carbocycles. The van der Waals surface area contributed by atoms with Crippen molar-refractivity contribution in [3.63, 3.8) is 0 Å². The van der Waals surface area contributed by atoms with Gasteiger partial charge >= 0.3 is 0 Å². The first-order valence-electron chi connectivity index (χ1n) is 7.91. The molecule has 1 atom stereocenters. The van der Waals surface area contributed by atoms with E-state index in [1.165, 1.54) is 0 Å². The number of hydrogen-bond acceptors (Lipinski definition) is 4. The molecule has 0 radical (unpaired) electrons. The minimum absolute atomic E-state index is 0.122. The van der Waals surface area contributed by atoms with Crippen LogP contribution in [0.4, 0.5) is 0 Å². The van der Waals surface area contributed by atoms with Crippen LogP contribution >= 0.6 is 0 Å². The smallest absolute Gasteiger partial charge is 0.253 e.